The maximum Gasteiger partial charge on any atom is 0.245 e. The number of ether oxygens (including phenoxy) is 2. The molecule has 2 aliphatic rings. The summed E-state index contributed by atoms with van der Waals surface area (Å²) in [4.78, 5) is 18.8. The predicted octanol–water partition coefficient (Wildman–Crippen LogP) is 3.94. The standard InChI is InChI=1S/C26H36N6O4S/c1-18-14-32(15-19(2)36-18)12-13-37(33,34)22-10-8-21(9-11-22)29-26-30-24-23(27-17-28-24)25(31-26)35-16-20-6-4-3-5-7-20/h8-11,17-20H,3-7,12-16H2,1-2H3,(H2,27,28,29,30,31). The van der Waals surface area contributed by atoms with E-state index >= 15 is 0 Å². The second-order valence-corrected chi connectivity index (χ2v) is 12.4. The van der Waals surface area contributed by atoms with Crippen molar-refractivity contribution in [3.8, 4) is 5.88 Å². The molecule has 0 radical (unpaired) electrons. The van der Waals surface area contributed by atoms with Gasteiger partial charge in [-0.25, -0.2) is 13.4 Å². The SMILES string of the molecule is CC1CN(CCS(=O)(=O)c2ccc(Nc3nc(OCC4CCCCC4)c4[nH]cnc4n3)cc2)CC(C)O1. The van der Waals surface area contributed by atoms with Crippen molar-refractivity contribution in [2.45, 2.75) is 63.1 Å². The molecule has 10 nitrogen and oxygen atoms in total. The van der Waals surface area contributed by atoms with Crippen molar-refractivity contribution in [3.63, 3.8) is 0 Å². The van der Waals surface area contributed by atoms with Crippen LogP contribution in [0.3, 0.4) is 0 Å². The second-order valence-electron chi connectivity index (χ2n) is 10.3. The van der Waals surface area contributed by atoms with Crippen LogP contribution < -0.4 is 10.1 Å². The lowest BCUT2D eigenvalue weighted by molar-refractivity contribution is -0.0662. The minimum Gasteiger partial charge on any atom is -0.476 e. The van der Waals surface area contributed by atoms with Crippen molar-refractivity contribution >= 4 is 32.6 Å². The molecular weight excluding hydrogens is 492 g/mol. The van der Waals surface area contributed by atoms with E-state index in [-0.39, 0.29) is 18.0 Å². The molecule has 1 aliphatic carbocycles. The van der Waals surface area contributed by atoms with E-state index in [9.17, 15) is 8.42 Å². The fourth-order valence-electron chi connectivity index (χ4n) is 5.23. The van der Waals surface area contributed by atoms with Gasteiger partial charge in [-0.2, -0.15) is 9.97 Å². The van der Waals surface area contributed by atoms with E-state index in [1.165, 1.54) is 32.1 Å². The number of nitrogens with zero attached hydrogens (tertiary/aromatic N) is 4. The fraction of sp³-hybridized carbons (Fsp3) is 0.577. The molecule has 200 valence electrons. The summed E-state index contributed by atoms with van der Waals surface area (Å²) in [6.45, 7) is 6.64. The quantitative estimate of drug-likeness (QED) is 0.425. The second kappa shape index (κ2) is 11.3. The van der Waals surface area contributed by atoms with Gasteiger partial charge in [-0.15, -0.1) is 0 Å². The molecule has 1 aliphatic heterocycles. The first-order valence-electron chi connectivity index (χ1n) is 13.2. The molecule has 0 amide bonds. The highest BCUT2D eigenvalue weighted by Crippen LogP contribution is 2.27. The number of morpholine rings is 1. The fourth-order valence-corrected chi connectivity index (χ4v) is 6.51. The summed E-state index contributed by atoms with van der Waals surface area (Å²) in [5.74, 6) is 1.44. The molecule has 0 spiro atoms. The number of sulfone groups is 1. The number of hydrogen-bond donors (Lipinski definition) is 2. The Bertz CT molecular complexity index is 1280. The first-order valence-corrected chi connectivity index (χ1v) is 14.8. The van der Waals surface area contributed by atoms with Crippen LogP contribution in [-0.4, -0.2) is 77.5 Å². The number of aromatic amines is 1. The van der Waals surface area contributed by atoms with Crippen molar-refractivity contribution in [2.75, 3.05) is 37.3 Å². The van der Waals surface area contributed by atoms with E-state index < -0.39 is 9.84 Å². The highest BCUT2D eigenvalue weighted by molar-refractivity contribution is 7.91. The van der Waals surface area contributed by atoms with Crippen molar-refractivity contribution in [1.82, 2.24) is 24.8 Å². The largest absolute Gasteiger partial charge is 0.476 e. The number of imidazole rings is 1. The summed E-state index contributed by atoms with van der Waals surface area (Å²) in [6.07, 6.45) is 7.97. The maximum absolute atomic E-state index is 12.9. The van der Waals surface area contributed by atoms with Gasteiger partial charge in [0.15, 0.2) is 15.5 Å². The van der Waals surface area contributed by atoms with Gasteiger partial charge in [0.1, 0.15) is 5.52 Å². The number of aromatic nitrogens is 4. The summed E-state index contributed by atoms with van der Waals surface area (Å²) in [7, 11) is -3.41. The van der Waals surface area contributed by atoms with E-state index in [0.29, 0.717) is 52.6 Å². The van der Waals surface area contributed by atoms with E-state index in [4.69, 9.17) is 9.47 Å². The van der Waals surface area contributed by atoms with Crippen LogP contribution in [0, 0.1) is 5.92 Å². The lowest BCUT2D eigenvalue weighted by Crippen LogP contribution is -2.46. The Labute approximate surface area is 218 Å². The normalized spacial score (nSPS) is 21.8. The van der Waals surface area contributed by atoms with E-state index in [1.54, 1.807) is 30.6 Å². The van der Waals surface area contributed by atoms with Gasteiger partial charge in [-0.3, -0.25) is 4.90 Å². The first-order chi connectivity index (χ1) is 17.9. The minimum atomic E-state index is -3.41. The molecule has 0 bridgehead atoms. The van der Waals surface area contributed by atoms with Crippen LogP contribution in [-0.2, 0) is 14.6 Å². The molecule has 3 aromatic rings. The maximum atomic E-state index is 12.9. The Morgan fingerprint density at radius 3 is 2.54 bits per heavy atom. The zero-order chi connectivity index (χ0) is 25.8. The molecule has 5 rings (SSSR count). The highest BCUT2D eigenvalue weighted by Gasteiger charge is 2.24. The summed E-state index contributed by atoms with van der Waals surface area (Å²) in [5, 5.41) is 3.16. The number of H-pyrrole nitrogens is 1. The van der Waals surface area contributed by atoms with Crippen molar-refractivity contribution in [1.29, 1.82) is 0 Å². The smallest absolute Gasteiger partial charge is 0.245 e. The van der Waals surface area contributed by atoms with Crippen molar-refractivity contribution in [3.05, 3.63) is 30.6 Å². The number of rotatable bonds is 9. The average molecular weight is 529 g/mol. The average Bonchev–Trinajstić information content (AvgIpc) is 3.35. The van der Waals surface area contributed by atoms with Crippen LogP contribution in [0.2, 0.25) is 0 Å². The summed E-state index contributed by atoms with van der Waals surface area (Å²) >= 11 is 0. The zero-order valence-corrected chi connectivity index (χ0v) is 22.3. The highest BCUT2D eigenvalue weighted by atomic mass is 32.2. The van der Waals surface area contributed by atoms with E-state index in [1.807, 2.05) is 13.8 Å². The van der Waals surface area contributed by atoms with Gasteiger partial charge in [0, 0.05) is 25.3 Å². The number of benzene rings is 1. The number of anilines is 2. The Hall–Kier alpha value is -2.76. The van der Waals surface area contributed by atoms with E-state index in [0.717, 1.165) is 13.1 Å². The summed E-state index contributed by atoms with van der Waals surface area (Å²) in [5.41, 5.74) is 1.87. The van der Waals surface area contributed by atoms with Gasteiger partial charge >= 0.3 is 0 Å². The lowest BCUT2D eigenvalue weighted by atomic mass is 9.90. The third-order valence-corrected chi connectivity index (χ3v) is 8.78. The molecule has 2 atom stereocenters. The molecule has 1 saturated carbocycles. The first kappa shape index (κ1) is 25.9. The monoisotopic (exact) mass is 528 g/mol. The van der Waals surface area contributed by atoms with Gasteiger partial charge in [0.05, 0.1) is 35.8 Å². The van der Waals surface area contributed by atoms with Gasteiger partial charge in [-0.05, 0) is 56.9 Å². The van der Waals surface area contributed by atoms with Crippen LogP contribution in [0.1, 0.15) is 46.0 Å². The Kier molecular flexibility index (Phi) is 7.92. The number of hydrogen-bond acceptors (Lipinski definition) is 9. The molecule has 37 heavy (non-hydrogen) atoms. The third-order valence-electron chi connectivity index (χ3n) is 7.07. The van der Waals surface area contributed by atoms with Gasteiger partial charge in [-0.1, -0.05) is 19.3 Å². The predicted molar refractivity (Wildman–Crippen MR) is 142 cm³/mol. The topological polar surface area (TPSA) is 122 Å². The van der Waals surface area contributed by atoms with Gasteiger partial charge in [0.25, 0.3) is 0 Å². The molecule has 3 heterocycles. The number of nitrogens with one attached hydrogen (secondary N) is 2. The summed E-state index contributed by atoms with van der Waals surface area (Å²) < 4.78 is 37.7. The van der Waals surface area contributed by atoms with Gasteiger partial charge in [0.2, 0.25) is 11.8 Å². The molecule has 2 aromatic heterocycles. The molecular formula is C26H36N6O4S. The lowest BCUT2D eigenvalue weighted by Gasteiger charge is -2.35. The van der Waals surface area contributed by atoms with Crippen molar-refractivity contribution < 1.29 is 17.9 Å². The van der Waals surface area contributed by atoms with Crippen LogP contribution in [0.4, 0.5) is 11.6 Å². The van der Waals surface area contributed by atoms with Crippen molar-refractivity contribution in [2.24, 2.45) is 5.92 Å². The molecule has 1 saturated heterocycles. The third kappa shape index (κ3) is 6.58. The molecule has 11 heteroatoms. The zero-order valence-electron chi connectivity index (χ0n) is 21.5. The Morgan fingerprint density at radius 1 is 1.08 bits per heavy atom. The Morgan fingerprint density at radius 2 is 1.81 bits per heavy atom. The number of fused-ring (bicyclic) bond motifs is 1. The van der Waals surface area contributed by atoms with Crippen LogP contribution in [0.15, 0.2) is 35.5 Å². The van der Waals surface area contributed by atoms with Gasteiger partial charge < -0.3 is 19.8 Å². The minimum absolute atomic E-state index is 0.0693. The molecule has 1 aromatic carbocycles. The van der Waals surface area contributed by atoms with E-state index in [2.05, 4.69) is 30.2 Å². The van der Waals surface area contributed by atoms with Crippen LogP contribution in [0.25, 0.3) is 11.2 Å². The molecule has 2 N–H and O–H groups in total. The summed E-state index contributed by atoms with van der Waals surface area (Å²) in [6, 6.07) is 6.70. The Balaban J connectivity index is 1.23. The van der Waals surface area contributed by atoms with Crippen LogP contribution in [0.5, 0.6) is 5.88 Å². The molecule has 2 fully saturated rings. The van der Waals surface area contributed by atoms with Crippen LogP contribution >= 0.6 is 0 Å². The molecule has 2 unspecified atom stereocenters.